The highest BCUT2D eigenvalue weighted by atomic mass is 16.5. The van der Waals surface area contributed by atoms with E-state index in [-0.39, 0.29) is 0 Å². The van der Waals surface area contributed by atoms with Crippen molar-refractivity contribution in [3.63, 3.8) is 0 Å². The van der Waals surface area contributed by atoms with Crippen LogP contribution in [-0.2, 0) is 4.79 Å². The first kappa shape index (κ1) is 16.0. The van der Waals surface area contributed by atoms with Gasteiger partial charge in [-0.2, -0.15) is 0 Å². The molecule has 2 rings (SSSR count). The number of rotatable bonds is 4. The molecule has 0 heterocycles. The molecule has 0 saturated heterocycles. The molecule has 0 aliphatic carbocycles. The van der Waals surface area contributed by atoms with E-state index in [1.54, 1.807) is 31.4 Å². The van der Waals surface area contributed by atoms with Crippen molar-refractivity contribution in [3.05, 3.63) is 58.7 Å². The SMILES string of the molecule is COc1cccc(C(O)C(=O)Nc2c(C)cc(C)cc2C)c1. The Labute approximate surface area is 130 Å². The highest BCUT2D eigenvalue weighted by Crippen LogP contribution is 2.25. The first-order valence-corrected chi connectivity index (χ1v) is 7.13. The maximum Gasteiger partial charge on any atom is 0.257 e. The van der Waals surface area contributed by atoms with Crippen molar-refractivity contribution in [1.29, 1.82) is 0 Å². The molecule has 22 heavy (non-hydrogen) atoms. The molecule has 0 aliphatic rings. The molecule has 4 nitrogen and oxygen atoms in total. The molecule has 1 atom stereocenters. The van der Waals surface area contributed by atoms with E-state index in [0.717, 1.165) is 22.4 Å². The van der Waals surface area contributed by atoms with Crippen LogP contribution in [0.3, 0.4) is 0 Å². The number of hydrogen-bond acceptors (Lipinski definition) is 3. The zero-order valence-electron chi connectivity index (χ0n) is 13.3. The standard InChI is InChI=1S/C18H21NO3/c1-11-8-12(2)16(13(3)9-11)19-18(21)17(20)14-6-5-7-15(10-14)22-4/h5-10,17,20H,1-4H3,(H,19,21). The molecule has 1 amide bonds. The lowest BCUT2D eigenvalue weighted by Crippen LogP contribution is -2.22. The second-order valence-electron chi connectivity index (χ2n) is 5.44. The van der Waals surface area contributed by atoms with Crippen LogP contribution in [0.4, 0.5) is 5.69 Å². The summed E-state index contributed by atoms with van der Waals surface area (Å²) in [6.45, 7) is 5.89. The van der Waals surface area contributed by atoms with Gasteiger partial charge in [-0.3, -0.25) is 4.79 Å². The predicted octanol–water partition coefficient (Wildman–Crippen LogP) is 3.29. The first-order valence-electron chi connectivity index (χ1n) is 7.13. The van der Waals surface area contributed by atoms with Crippen LogP contribution in [0.2, 0.25) is 0 Å². The van der Waals surface area contributed by atoms with Gasteiger partial charge in [-0.1, -0.05) is 29.8 Å². The van der Waals surface area contributed by atoms with Crippen LogP contribution < -0.4 is 10.1 Å². The Morgan fingerprint density at radius 1 is 1.14 bits per heavy atom. The fraction of sp³-hybridized carbons (Fsp3) is 0.278. The van der Waals surface area contributed by atoms with E-state index in [1.807, 2.05) is 32.9 Å². The molecule has 0 saturated carbocycles. The Morgan fingerprint density at radius 2 is 1.77 bits per heavy atom. The van der Waals surface area contributed by atoms with E-state index < -0.39 is 12.0 Å². The third-order valence-corrected chi connectivity index (χ3v) is 3.58. The van der Waals surface area contributed by atoms with Crippen LogP contribution in [0.15, 0.2) is 36.4 Å². The first-order chi connectivity index (χ1) is 10.4. The van der Waals surface area contributed by atoms with E-state index >= 15 is 0 Å². The van der Waals surface area contributed by atoms with Crippen LogP contribution in [0.25, 0.3) is 0 Å². The highest BCUT2D eigenvalue weighted by Gasteiger charge is 2.19. The molecule has 2 aromatic carbocycles. The second kappa shape index (κ2) is 6.62. The minimum atomic E-state index is -1.24. The van der Waals surface area contributed by atoms with E-state index in [0.29, 0.717) is 11.3 Å². The lowest BCUT2D eigenvalue weighted by molar-refractivity contribution is -0.124. The number of anilines is 1. The number of benzene rings is 2. The molecule has 0 spiro atoms. The van der Waals surface area contributed by atoms with Crippen LogP contribution in [0.1, 0.15) is 28.4 Å². The predicted molar refractivity (Wildman–Crippen MR) is 87.2 cm³/mol. The third-order valence-electron chi connectivity index (χ3n) is 3.58. The molecular formula is C18H21NO3. The van der Waals surface area contributed by atoms with E-state index in [2.05, 4.69) is 5.32 Å². The third kappa shape index (κ3) is 3.46. The van der Waals surface area contributed by atoms with Crippen LogP contribution in [0, 0.1) is 20.8 Å². The Bertz CT molecular complexity index is 671. The van der Waals surface area contributed by atoms with Crippen molar-refractivity contribution in [2.24, 2.45) is 0 Å². The lowest BCUT2D eigenvalue weighted by Gasteiger charge is -2.16. The topological polar surface area (TPSA) is 58.6 Å². The number of carbonyl (C=O) groups excluding carboxylic acids is 1. The van der Waals surface area contributed by atoms with Gasteiger partial charge in [0.15, 0.2) is 6.10 Å². The molecule has 2 N–H and O–H groups in total. The van der Waals surface area contributed by atoms with Crippen molar-refractivity contribution in [2.75, 3.05) is 12.4 Å². The summed E-state index contributed by atoms with van der Waals surface area (Å²) in [5.41, 5.74) is 4.34. The number of aryl methyl sites for hydroxylation is 3. The van der Waals surface area contributed by atoms with Gasteiger partial charge in [-0.05, 0) is 49.6 Å². The minimum Gasteiger partial charge on any atom is -0.497 e. The van der Waals surface area contributed by atoms with Gasteiger partial charge >= 0.3 is 0 Å². The van der Waals surface area contributed by atoms with Gasteiger partial charge in [0.25, 0.3) is 5.91 Å². The molecule has 0 radical (unpaired) electrons. The Morgan fingerprint density at radius 3 is 2.36 bits per heavy atom. The largest absolute Gasteiger partial charge is 0.497 e. The molecule has 0 aromatic heterocycles. The summed E-state index contributed by atoms with van der Waals surface area (Å²) in [6.07, 6.45) is -1.24. The Hall–Kier alpha value is -2.33. The highest BCUT2D eigenvalue weighted by molar-refractivity contribution is 5.96. The summed E-state index contributed by atoms with van der Waals surface area (Å²) >= 11 is 0. The summed E-state index contributed by atoms with van der Waals surface area (Å²) in [5.74, 6) is 0.148. The maximum atomic E-state index is 12.3. The zero-order valence-corrected chi connectivity index (χ0v) is 13.3. The van der Waals surface area contributed by atoms with E-state index in [4.69, 9.17) is 4.74 Å². The number of aliphatic hydroxyl groups is 1. The maximum absolute atomic E-state index is 12.3. The number of hydrogen-bond donors (Lipinski definition) is 2. The average molecular weight is 299 g/mol. The quantitative estimate of drug-likeness (QED) is 0.910. The van der Waals surface area contributed by atoms with Gasteiger partial charge in [-0.15, -0.1) is 0 Å². The van der Waals surface area contributed by atoms with Crippen LogP contribution >= 0.6 is 0 Å². The lowest BCUT2D eigenvalue weighted by atomic mass is 10.0. The van der Waals surface area contributed by atoms with E-state index in [1.165, 1.54) is 0 Å². The number of carbonyl (C=O) groups is 1. The molecule has 1 unspecified atom stereocenters. The average Bonchev–Trinajstić information content (AvgIpc) is 2.49. The summed E-state index contributed by atoms with van der Waals surface area (Å²) in [7, 11) is 1.55. The minimum absolute atomic E-state index is 0.455. The number of methoxy groups -OCH3 is 1. The normalized spacial score (nSPS) is 11.9. The van der Waals surface area contributed by atoms with Crippen molar-refractivity contribution < 1.29 is 14.6 Å². The molecule has 116 valence electrons. The van der Waals surface area contributed by atoms with Crippen molar-refractivity contribution in [2.45, 2.75) is 26.9 Å². The van der Waals surface area contributed by atoms with Gasteiger partial charge in [0.2, 0.25) is 0 Å². The monoisotopic (exact) mass is 299 g/mol. The summed E-state index contributed by atoms with van der Waals surface area (Å²) in [6, 6.07) is 10.9. The summed E-state index contributed by atoms with van der Waals surface area (Å²) in [4.78, 5) is 12.3. The Kier molecular flexibility index (Phi) is 4.83. The van der Waals surface area contributed by atoms with Gasteiger partial charge in [0.05, 0.1) is 7.11 Å². The zero-order chi connectivity index (χ0) is 16.3. The number of nitrogens with one attached hydrogen (secondary N) is 1. The van der Waals surface area contributed by atoms with Crippen molar-refractivity contribution in [3.8, 4) is 5.75 Å². The van der Waals surface area contributed by atoms with Crippen molar-refractivity contribution >= 4 is 11.6 Å². The Balaban J connectivity index is 2.21. The molecule has 0 bridgehead atoms. The van der Waals surface area contributed by atoms with Gasteiger partial charge in [0.1, 0.15) is 5.75 Å². The molecular weight excluding hydrogens is 278 g/mol. The summed E-state index contributed by atoms with van der Waals surface area (Å²) < 4.78 is 5.11. The number of aliphatic hydroxyl groups excluding tert-OH is 1. The fourth-order valence-electron chi connectivity index (χ4n) is 2.53. The number of ether oxygens (including phenoxy) is 1. The van der Waals surface area contributed by atoms with Gasteiger partial charge in [-0.25, -0.2) is 0 Å². The molecule has 0 aliphatic heterocycles. The molecule has 0 fully saturated rings. The molecule has 2 aromatic rings. The smallest absolute Gasteiger partial charge is 0.257 e. The molecule has 4 heteroatoms. The van der Waals surface area contributed by atoms with Crippen molar-refractivity contribution in [1.82, 2.24) is 0 Å². The summed E-state index contributed by atoms with van der Waals surface area (Å²) in [5, 5.41) is 13.1. The van der Waals surface area contributed by atoms with Crippen LogP contribution in [0.5, 0.6) is 5.75 Å². The van der Waals surface area contributed by atoms with Crippen LogP contribution in [-0.4, -0.2) is 18.1 Å². The second-order valence-corrected chi connectivity index (χ2v) is 5.44. The fourth-order valence-corrected chi connectivity index (χ4v) is 2.53. The van der Waals surface area contributed by atoms with E-state index in [9.17, 15) is 9.90 Å². The van der Waals surface area contributed by atoms with Gasteiger partial charge < -0.3 is 15.2 Å². The number of amides is 1. The van der Waals surface area contributed by atoms with Gasteiger partial charge in [0, 0.05) is 5.69 Å².